The van der Waals surface area contributed by atoms with Crippen LogP contribution in [0.2, 0.25) is 0 Å². The Kier molecular flexibility index (Phi) is 5.95. The number of hydrogen-bond acceptors (Lipinski definition) is 6. The number of rotatable bonds is 8. The highest BCUT2D eigenvalue weighted by molar-refractivity contribution is 7.87. The number of carbonyl (C=O) groups excluding carboxylic acids is 1. The van der Waals surface area contributed by atoms with Crippen LogP contribution in [0.1, 0.15) is 27.9 Å². The zero-order valence-corrected chi connectivity index (χ0v) is 18.7. The molecule has 0 radical (unpaired) electrons. The Hall–Kier alpha value is -3.65. The summed E-state index contributed by atoms with van der Waals surface area (Å²) in [6.07, 6.45) is 0.284. The number of carboxylic acids is 1. The quantitative estimate of drug-likeness (QED) is 0.396. The monoisotopic (exact) mass is 466 g/mol. The first-order chi connectivity index (χ1) is 15.7. The zero-order chi connectivity index (χ0) is 23.6. The molecule has 7 nitrogen and oxygen atoms in total. The molecule has 0 heterocycles. The average Bonchev–Trinajstić information content (AvgIpc) is 3.19. The van der Waals surface area contributed by atoms with E-state index in [1.807, 2.05) is 24.3 Å². The number of aliphatic carboxylic acids is 1. The van der Waals surface area contributed by atoms with Crippen LogP contribution < -0.4 is 8.92 Å². The second kappa shape index (κ2) is 8.71. The number of Topliss-reactive ketones (excluding diaryl/α,β-unsaturated/α-hetero) is 1. The Balaban J connectivity index is 1.62. The van der Waals surface area contributed by atoms with Gasteiger partial charge in [0.05, 0.1) is 12.5 Å². The van der Waals surface area contributed by atoms with Crippen LogP contribution in [-0.4, -0.2) is 32.4 Å². The van der Waals surface area contributed by atoms with Crippen LogP contribution in [0.15, 0.2) is 77.7 Å². The van der Waals surface area contributed by atoms with E-state index in [2.05, 4.69) is 0 Å². The molecule has 0 saturated heterocycles. The van der Waals surface area contributed by atoms with Crippen LogP contribution in [0.4, 0.5) is 0 Å². The molecule has 0 fully saturated rings. The molecule has 0 amide bonds. The largest absolute Gasteiger partial charge is 0.493 e. The maximum Gasteiger partial charge on any atom is 0.339 e. The molecule has 170 valence electrons. The van der Waals surface area contributed by atoms with Crippen molar-refractivity contribution in [2.24, 2.45) is 5.41 Å². The third kappa shape index (κ3) is 4.47. The number of fused-ring (bicyclic) bond motifs is 1. The molecule has 4 rings (SSSR count). The maximum absolute atomic E-state index is 13.1. The van der Waals surface area contributed by atoms with Crippen molar-refractivity contribution in [2.75, 3.05) is 7.11 Å². The first-order valence-corrected chi connectivity index (χ1v) is 11.7. The Morgan fingerprint density at radius 2 is 1.52 bits per heavy atom. The van der Waals surface area contributed by atoms with E-state index < -0.39 is 27.3 Å². The minimum atomic E-state index is -4.16. The molecule has 3 aromatic rings. The van der Waals surface area contributed by atoms with Crippen molar-refractivity contribution < 1.29 is 32.0 Å². The minimum absolute atomic E-state index is 0.0441. The second-order valence-electron chi connectivity index (χ2n) is 8.02. The molecule has 0 aliphatic heterocycles. The van der Waals surface area contributed by atoms with Gasteiger partial charge in [-0.25, -0.2) is 0 Å². The standard InChI is InChI=1S/C25H22O7S/c1-31-22-12-11-17(13-23(22)32-33(29,30)20-9-3-2-4-10-20)21(26)16-25(24(27)28)14-18-7-5-6-8-19(18)15-25/h2-13H,14-16H2,1H3,(H,27,28). The number of carbonyl (C=O) groups is 2. The van der Waals surface area contributed by atoms with Gasteiger partial charge in [0, 0.05) is 12.0 Å². The molecule has 1 N–H and O–H groups in total. The van der Waals surface area contributed by atoms with Gasteiger partial charge in [0.25, 0.3) is 0 Å². The first-order valence-electron chi connectivity index (χ1n) is 10.2. The molecular formula is C25H22O7S. The van der Waals surface area contributed by atoms with Crippen LogP contribution in [0.25, 0.3) is 0 Å². The predicted octanol–water partition coefficient (Wildman–Crippen LogP) is 3.91. The Morgan fingerprint density at radius 1 is 0.909 bits per heavy atom. The fraction of sp³-hybridized carbons (Fsp3) is 0.200. The van der Waals surface area contributed by atoms with Crippen molar-refractivity contribution >= 4 is 21.9 Å². The lowest BCUT2D eigenvalue weighted by Crippen LogP contribution is -2.34. The van der Waals surface area contributed by atoms with Gasteiger partial charge in [-0.05, 0) is 54.3 Å². The van der Waals surface area contributed by atoms with E-state index in [0.717, 1.165) is 11.1 Å². The SMILES string of the molecule is COc1ccc(C(=O)CC2(C(=O)O)Cc3ccccc3C2)cc1OS(=O)(=O)c1ccccc1. The van der Waals surface area contributed by atoms with Crippen molar-refractivity contribution in [3.05, 3.63) is 89.5 Å². The van der Waals surface area contributed by atoms with E-state index in [0.29, 0.717) is 0 Å². The number of benzene rings is 3. The van der Waals surface area contributed by atoms with Gasteiger partial charge in [-0.2, -0.15) is 8.42 Å². The summed E-state index contributed by atoms with van der Waals surface area (Å²) >= 11 is 0. The third-order valence-electron chi connectivity index (χ3n) is 5.85. The lowest BCUT2D eigenvalue weighted by atomic mass is 9.79. The molecule has 0 atom stereocenters. The summed E-state index contributed by atoms with van der Waals surface area (Å²) in [5.41, 5.74) is 0.726. The molecule has 33 heavy (non-hydrogen) atoms. The normalized spacial score (nSPS) is 14.3. The predicted molar refractivity (Wildman–Crippen MR) is 120 cm³/mol. The van der Waals surface area contributed by atoms with Crippen molar-refractivity contribution in [1.29, 1.82) is 0 Å². The second-order valence-corrected chi connectivity index (χ2v) is 9.57. The Morgan fingerprint density at radius 3 is 2.09 bits per heavy atom. The van der Waals surface area contributed by atoms with Gasteiger partial charge in [0.2, 0.25) is 0 Å². The van der Waals surface area contributed by atoms with Crippen molar-refractivity contribution in [1.82, 2.24) is 0 Å². The molecule has 8 heteroatoms. The van der Waals surface area contributed by atoms with Crippen LogP contribution in [0, 0.1) is 5.41 Å². The third-order valence-corrected chi connectivity index (χ3v) is 7.09. The van der Waals surface area contributed by atoms with Gasteiger partial charge < -0.3 is 14.0 Å². The van der Waals surface area contributed by atoms with Crippen LogP contribution in [0.3, 0.4) is 0 Å². The summed E-state index contributed by atoms with van der Waals surface area (Å²) in [4.78, 5) is 25.3. The Labute approximate surface area is 191 Å². The van der Waals surface area contributed by atoms with Crippen molar-refractivity contribution in [2.45, 2.75) is 24.2 Å². The lowest BCUT2D eigenvalue weighted by molar-refractivity contribution is -0.148. The van der Waals surface area contributed by atoms with Gasteiger partial charge in [0.1, 0.15) is 4.90 Å². The van der Waals surface area contributed by atoms with Gasteiger partial charge in [-0.15, -0.1) is 0 Å². The fourth-order valence-corrected chi connectivity index (χ4v) is 5.08. The van der Waals surface area contributed by atoms with Gasteiger partial charge >= 0.3 is 16.1 Å². The van der Waals surface area contributed by atoms with E-state index in [4.69, 9.17) is 8.92 Å². The summed E-state index contributed by atoms with van der Waals surface area (Å²) in [6.45, 7) is 0. The smallest absolute Gasteiger partial charge is 0.339 e. The number of carboxylic acid groups (broad SMARTS) is 1. The molecule has 0 saturated carbocycles. The van der Waals surface area contributed by atoms with Crippen LogP contribution in [-0.2, 0) is 27.8 Å². The maximum atomic E-state index is 13.1. The molecule has 1 aliphatic rings. The highest BCUT2D eigenvalue weighted by Crippen LogP contribution is 2.41. The average molecular weight is 467 g/mol. The van der Waals surface area contributed by atoms with E-state index in [-0.39, 0.29) is 41.2 Å². The summed E-state index contributed by atoms with van der Waals surface area (Å²) in [7, 11) is -2.80. The molecule has 1 aliphatic carbocycles. The van der Waals surface area contributed by atoms with Gasteiger partial charge in [-0.3, -0.25) is 9.59 Å². The summed E-state index contributed by atoms with van der Waals surface area (Å²) in [5.74, 6) is -1.47. The molecular weight excluding hydrogens is 444 g/mol. The van der Waals surface area contributed by atoms with Gasteiger partial charge in [0.15, 0.2) is 17.3 Å². The molecule has 0 aromatic heterocycles. The highest BCUT2D eigenvalue weighted by Gasteiger charge is 2.45. The van der Waals surface area contributed by atoms with Crippen LogP contribution in [0.5, 0.6) is 11.5 Å². The van der Waals surface area contributed by atoms with Gasteiger partial charge in [-0.1, -0.05) is 42.5 Å². The minimum Gasteiger partial charge on any atom is -0.493 e. The van der Waals surface area contributed by atoms with E-state index in [9.17, 15) is 23.1 Å². The summed E-state index contributed by atoms with van der Waals surface area (Å²) in [5, 5.41) is 9.97. The molecule has 0 unspecified atom stereocenters. The molecule has 0 bridgehead atoms. The van der Waals surface area contributed by atoms with E-state index in [1.165, 1.54) is 37.4 Å². The van der Waals surface area contributed by atoms with E-state index >= 15 is 0 Å². The number of methoxy groups -OCH3 is 1. The number of hydrogen-bond donors (Lipinski definition) is 1. The highest BCUT2D eigenvalue weighted by atomic mass is 32.2. The topological polar surface area (TPSA) is 107 Å². The van der Waals surface area contributed by atoms with E-state index in [1.54, 1.807) is 18.2 Å². The lowest BCUT2D eigenvalue weighted by Gasteiger charge is -2.23. The number of ether oxygens (including phenoxy) is 1. The van der Waals surface area contributed by atoms with Crippen molar-refractivity contribution in [3.63, 3.8) is 0 Å². The first kappa shape index (κ1) is 22.5. The Bertz CT molecular complexity index is 1290. The fourth-order valence-electron chi connectivity index (χ4n) is 4.12. The summed E-state index contributed by atoms with van der Waals surface area (Å²) in [6, 6.07) is 19.2. The molecule has 0 spiro atoms. The number of ketones is 1. The molecule has 3 aromatic carbocycles. The van der Waals surface area contributed by atoms with Crippen LogP contribution >= 0.6 is 0 Å². The van der Waals surface area contributed by atoms with Crippen molar-refractivity contribution in [3.8, 4) is 11.5 Å². The summed E-state index contributed by atoms with van der Waals surface area (Å²) < 4.78 is 35.8. The zero-order valence-electron chi connectivity index (χ0n) is 17.9.